The number of halogens is 4. The summed E-state index contributed by atoms with van der Waals surface area (Å²) in [7, 11) is 1.66. The van der Waals surface area contributed by atoms with Crippen molar-refractivity contribution in [3.8, 4) is 0 Å². The maximum Gasteiger partial charge on any atom is 0.417 e. The molecule has 7 nitrogen and oxygen atoms in total. The molecule has 2 aromatic heterocycles. The fourth-order valence-corrected chi connectivity index (χ4v) is 2.71. The Morgan fingerprint density at radius 3 is 2.50 bits per heavy atom. The van der Waals surface area contributed by atoms with Gasteiger partial charge in [0.05, 0.1) is 18.7 Å². The van der Waals surface area contributed by atoms with Crippen molar-refractivity contribution in [1.29, 1.82) is 0 Å². The standard InChI is InChI=1S/C17H19ClF3N5O2/c1-16(2,3)25(4)15(27)28-10-7-26(8-10)14-12(18)23-11-5-9(17(19,20)21)6-22-13(11)24-14/h5-6,10H,7-8H2,1-4H3. The molecule has 1 amide bonds. The van der Waals surface area contributed by atoms with Crippen molar-refractivity contribution in [3.05, 3.63) is 23.0 Å². The number of fused-ring (bicyclic) bond motifs is 1. The first-order valence-electron chi connectivity index (χ1n) is 8.46. The first kappa shape index (κ1) is 20.4. The first-order valence-corrected chi connectivity index (χ1v) is 8.84. The summed E-state index contributed by atoms with van der Waals surface area (Å²) in [6, 6.07) is 0.855. The third-order valence-corrected chi connectivity index (χ3v) is 4.74. The van der Waals surface area contributed by atoms with E-state index in [0.29, 0.717) is 19.3 Å². The van der Waals surface area contributed by atoms with E-state index in [9.17, 15) is 18.0 Å². The fraction of sp³-hybridized carbons (Fsp3) is 0.529. The van der Waals surface area contributed by atoms with Crippen LogP contribution in [0.15, 0.2) is 12.3 Å². The van der Waals surface area contributed by atoms with E-state index >= 15 is 0 Å². The molecule has 2 aromatic rings. The zero-order chi connectivity index (χ0) is 20.9. The number of pyridine rings is 1. The predicted molar refractivity (Wildman–Crippen MR) is 97.3 cm³/mol. The lowest BCUT2D eigenvalue weighted by atomic mass is 10.1. The third-order valence-electron chi connectivity index (χ3n) is 4.48. The van der Waals surface area contributed by atoms with Crippen LogP contribution in [-0.2, 0) is 10.9 Å². The van der Waals surface area contributed by atoms with Gasteiger partial charge in [0.25, 0.3) is 0 Å². The number of hydrogen-bond donors (Lipinski definition) is 0. The van der Waals surface area contributed by atoms with Crippen molar-refractivity contribution in [1.82, 2.24) is 19.9 Å². The first-order chi connectivity index (χ1) is 12.9. The lowest BCUT2D eigenvalue weighted by molar-refractivity contribution is -0.137. The molecule has 11 heteroatoms. The van der Waals surface area contributed by atoms with E-state index in [-0.39, 0.29) is 33.8 Å². The number of ether oxygens (including phenoxy) is 1. The topological polar surface area (TPSA) is 71.5 Å². The van der Waals surface area contributed by atoms with E-state index in [1.54, 1.807) is 11.9 Å². The molecule has 1 aliphatic heterocycles. The van der Waals surface area contributed by atoms with Gasteiger partial charge >= 0.3 is 12.3 Å². The van der Waals surface area contributed by atoms with Gasteiger partial charge in [-0.15, -0.1) is 0 Å². The third kappa shape index (κ3) is 4.06. The van der Waals surface area contributed by atoms with Gasteiger partial charge in [-0.25, -0.2) is 19.7 Å². The van der Waals surface area contributed by atoms with E-state index in [1.807, 2.05) is 20.8 Å². The summed E-state index contributed by atoms with van der Waals surface area (Å²) in [5, 5.41) is -0.0368. The molecule has 0 bridgehead atoms. The summed E-state index contributed by atoms with van der Waals surface area (Å²) >= 11 is 6.10. The largest absolute Gasteiger partial charge is 0.442 e. The van der Waals surface area contributed by atoms with Crippen LogP contribution in [0, 0.1) is 0 Å². The highest BCUT2D eigenvalue weighted by atomic mass is 35.5. The molecule has 0 N–H and O–H groups in total. The summed E-state index contributed by atoms with van der Waals surface area (Å²) < 4.78 is 43.8. The number of carbonyl (C=O) groups excluding carboxylic acids is 1. The minimum absolute atomic E-state index is 0.0368. The van der Waals surface area contributed by atoms with Crippen LogP contribution >= 0.6 is 11.6 Å². The number of nitrogens with zero attached hydrogens (tertiary/aromatic N) is 5. The number of aromatic nitrogens is 3. The second kappa shape index (κ2) is 6.91. The van der Waals surface area contributed by atoms with E-state index in [4.69, 9.17) is 16.3 Å². The van der Waals surface area contributed by atoms with Crippen molar-refractivity contribution >= 4 is 34.7 Å². The maximum absolute atomic E-state index is 12.8. The molecular formula is C17H19ClF3N5O2. The molecule has 0 saturated carbocycles. The van der Waals surface area contributed by atoms with Crippen molar-refractivity contribution in [2.24, 2.45) is 0 Å². The molecule has 1 fully saturated rings. The van der Waals surface area contributed by atoms with Crippen molar-refractivity contribution in [2.75, 3.05) is 25.0 Å². The SMILES string of the molecule is CN(C(=O)OC1CN(c2nc3ncc(C(F)(F)F)cc3nc2Cl)C1)C(C)(C)C. The van der Waals surface area contributed by atoms with Gasteiger partial charge in [-0.2, -0.15) is 13.2 Å². The number of amides is 1. The molecule has 1 saturated heterocycles. The predicted octanol–water partition coefficient (Wildman–Crippen LogP) is 3.75. The number of rotatable bonds is 2. The number of anilines is 1. The minimum atomic E-state index is -4.52. The summed E-state index contributed by atoms with van der Waals surface area (Å²) in [5.74, 6) is 0.290. The molecule has 0 unspecified atom stereocenters. The van der Waals surface area contributed by atoms with Crippen LogP contribution < -0.4 is 4.90 Å². The smallest absolute Gasteiger partial charge is 0.417 e. The van der Waals surface area contributed by atoms with Gasteiger partial charge in [0.2, 0.25) is 0 Å². The summed E-state index contributed by atoms with van der Waals surface area (Å²) in [6.45, 7) is 6.38. The number of alkyl halides is 3. The molecule has 0 aromatic carbocycles. The Morgan fingerprint density at radius 1 is 1.29 bits per heavy atom. The Kier molecular flexibility index (Phi) is 5.03. The van der Waals surface area contributed by atoms with Crippen LogP contribution in [0.1, 0.15) is 26.3 Å². The van der Waals surface area contributed by atoms with Gasteiger partial charge in [-0.3, -0.25) is 0 Å². The van der Waals surface area contributed by atoms with Gasteiger partial charge in [0.15, 0.2) is 16.6 Å². The fourth-order valence-electron chi connectivity index (χ4n) is 2.45. The van der Waals surface area contributed by atoms with Crippen LogP contribution in [0.5, 0.6) is 0 Å². The summed E-state index contributed by atoms with van der Waals surface area (Å²) in [4.78, 5) is 27.3. The van der Waals surface area contributed by atoms with E-state index in [0.717, 1.165) is 6.07 Å². The average molecular weight is 418 g/mol. The number of carbonyl (C=O) groups is 1. The lowest BCUT2D eigenvalue weighted by Crippen LogP contribution is -2.55. The van der Waals surface area contributed by atoms with Crippen molar-refractivity contribution in [2.45, 2.75) is 38.6 Å². The highest BCUT2D eigenvalue weighted by molar-refractivity contribution is 6.32. The molecule has 152 valence electrons. The molecule has 0 atom stereocenters. The van der Waals surface area contributed by atoms with Crippen LogP contribution in [0.25, 0.3) is 11.2 Å². The second-order valence-electron chi connectivity index (χ2n) is 7.54. The Bertz CT molecular complexity index is 910. The Morgan fingerprint density at radius 2 is 1.93 bits per heavy atom. The molecule has 1 aliphatic rings. The van der Waals surface area contributed by atoms with Crippen molar-refractivity contribution in [3.63, 3.8) is 0 Å². The lowest BCUT2D eigenvalue weighted by Gasteiger charge is -2.41. The van der Waals surface area contributed by atoms with Crippen LogP contribution in [0.4, 0.5) is 23.8 Å². The highest BCUT2D eigenvalue weighted by Crippen LogP contribution is 2.32. The molecule has 3 heterocycles. The van der Waals surface area contributed by atoms with E-state index < -0.39 is 17.8 Å². The van der Waals surface area contributed by atoms with Crippen molar-refractivity contribution < 1.29 is 22.7 Å². The second-order valence-corrected chi connectivity index (χ2v) is 7.90. The average Bonchev–Trinajstić information content (AvgIpc) is 2.54. The van der Waals surface area contributed by atoms with Gasteiger partial charge < -0.3 is 14.5 Å². The normalized spacial score (nSPS) is 15.5. The summed E-state index contributed by atoms with van der Waals surface area (Å²) in [6.07, 6.45) is -4.60. The molecule has 0 radical (unpaired) electrons. The zero-order valence-electron chi connectivity index (χ0n) is 15.7. The van der Waals surface area contributed by atoms with Crippen LogP contribution in [0.3, 0.4) is 0 Å². The molecule has 0 spiro atoms. The highest BCUT2D eigenvalue weighted by Gasteiger charge is 2.36. The van der Waals surface area contributed by atoms with Gasteiger partial charge in [-0.1, -0.05) is 11.6 Å². The van der Waals surface area contributed by atoms with E-state index in [1.165, 1.54) is 4.90 Å². The Balaban J connectivity index is 1.70. The molecule has 3 rings (SSSR count). The molecule has 0 aliphatic carbocycles. The van der Waals surface area contributed by atoms with Gasteiger partial charge in [-0.05, 0) is 26.8 Å². The minimum Gasteiger partial charge on any atom is -0.442 e. The van der Waals surface area contributed by atoms with Gasteiger partial charge in [0.1, 0.15) is 11.6 Å². The Labute approximate surface area is 164 Å². The monoisotopic (exact) mass is 417 g/mol. The maximum atomic E-state index is 12.8. The molecular weight excluding hydrogens is 399 g/mol. The van der Waals surface area contributed by atoms with Crippen LogP contribution in [-0.4, -0.2) is 57.7 Å². The Hall–Kier alpha value is -2.36. The summed E-state index contributed by atoms with van der Waals surface area (Å²) in [5.41, 5.74) is -1.27. The van der Waals surface area contributed by atoms with E-state index in [2.05, 4.69) is 15.0 Å². The molecule has 28 heavy (non-hydrogen) atoms. The van der Waals surface area contributed by atoms with Gasteiger partial charge in [0, 0.05) is 18.8 Å². The quantitative estimate of drug-likeness (QED) is 0.741. The van der Waals surface area contributed by atoms with Crippen LogP contribution in [0.2, 0.25) is 5.15 Å². The zero-order valence-corrected chi connectivity index (χ0v) is 16.5. The number of hydrogen-bond acceptors (Lipinski definition) is 6.